The fourth-order valence-corrected chi connectivity index (χ4v) is 2.33. The Labute approximate surface area is 147 Å². The standard InChI is InChI=1S/C16H14ClN3O5/c1-18-15(21)12-8-10(25-2)4-6-14(12)19-16(22)11-5-3-9(20(23)24)7-13(11)17/h3-8H,1-2H3,(H,18,21)(H,19,22). The number of carbonyl (C=O) groups excluding carboxylic acids is 2. The van der Waals surface area contributed by atoms with E-state index in [1.165, 1.54) is 38.4 Å². The first-order valence-corrected chi connectivity index (χ1v) is 7.40. The summed E-state index contributed by atoms with van der Waals surface area (Å²) in [5, 5.41) is 15.7. The molecule has 2 aromatic rings. The van der Waals surface area contributed by atoms with Crippen molar-refractivity contribution in [2.24, 2.45) is 0 Å². The molecule has 0 unspecified atom stereocenters. The number of halogens is 1. The number of hydrogen-bond donors (Lipinski definition) is 2. The predicted molar refractivity (Wildman–Crippen MR) is 92.4 cm³/mol. The minimum atomic E-state index is -0.610. The highest BCUT2D eigenvalue weighted by Gasteiger charge is 2.18. The lowest BCUT2D eigenvalue weighted by Crippen LogP contribution is -2.21. The van der Waals surface area contributed by atoms with E-state index in [1.54, 1.807) is 6.07 Å². The van der Waals surface area contributed by atoms with Gasteiger partial charge in [0, 0.05) is 19.2 Å². The van der Waals surface area contributed by atoms with Crippen LogP contribution in [0.15, 0.2) is 36.4 Å². The van der Waals surface area contributed by atoms with E-state index >= 15 is 0 Å². The zero-order valence-electron chi connectivity index (χ0n) is 13.3. The molecule has 0 aliphatic carbocycles. The summed E-state index contributed by atoms with van der Waals surface area (Å²) in [5.41, 5.74) is 0.274. The molecule has 9 heteroatoms. The topological polar surface area (TPSA) is 111 Å². The number of carbonyl (C=O) groups is 2. The second-order valence-electron chi connectivity index (χ2n) is 4.87. The summed E-state index contributed by atoms with van der Waals surface area (Å²) < 4.78 is 5.07. The molecule has 2 N–H and O–H groups in total. The minimum absolute atomic E-state index is 0.0472. The third kappa shape index (κ3) is 4.04. The zero-order valence-corrected chi connectivity index (χ0v) is 14.1. The van der Waals surface area contributed by atoms with Crippen LogP contribution in [0.1, 0.15) is 20.7 Å². The molecule has 0 radical (unpaired) electrons. The second kappa shape index (κ2) is 7.63. The van der Waals surface area contributed by atoms with Gasteiger partial charge in [-0.15, -0.1) is 0 Å². The highest BCUT2D eigenvalue weighted by molar-refractivity contribution is 6.34. The summed E-state index contributed by atoms with van der Waals surface area (Å²) in [6, 6.07) is 8.09. The van der Waals surface area contributed by atoms with Crippen molar-refractivity contribution in [3.8, 4) is 5.75 Å². The van der Waals surface area contributed by atoms with Crippen molar-refractivity contribution < 1.29 is 19.2 Å². The number of anilines is 1. The molecule has 130 valence electrons. The molecular weight excluding hydrogens is 350 g/mol. The molecule has 0 saturated carbocycles. The van der Waals surface area contributed by atoms with Crippen LogP contribution in [-0.2, 0) is 0 Å². The first kappa shape index (κ1) is 18.2. The van der Waals surface area contributed by atoms with Gasteiger partial charge in [0.2, 0.25) is 0 Å². The molecular formula is C16H14ClN3O5. The van der Waals surface area contributed by atoms with Crippen LogP contribution >= 0.6 is 11.6 Å². The smallest absolute Gasteiger partial charge is 0.270 e. The van der Waals surface area contributed by atoms with Crippen LogP contribution in [0.25, 0.3) is 0 Å². The average molecular weight is 364 g/mol. The lowest BCUT2D eigenvalue weighted by Gasteiger charge is -2.12. The highest BCUT2D eigenvalue weighted by atomic mass is 35.5. The Bertz CT molecular complexity index is 854. The van der Waals surface area contributed by atoms with Crippen LogP contribution in [-0.4, -0.2) is 30.9 Å². The molecule has 0 atom stereocenters. The fourth-order valence-electron chi connectivity index (χ4n) is 2.07. The van der Waals surface area contributed by atoms with Crippen molar-refractivity contribution in [2.75, 3.05) is 19.5 Å². The lowest BCUT2D eigenvalue weighted by atomic mass is 10.1. The molecule has 0 heterocycles. The summed E-state index contributed by atoms with van der Waals surface area (Å²) in [6.45, 7) is 0. The van der Waals surface area contributed by atoms with Gasteiger partial charge in [-0.05, 0) is 24.3 Å². The first-order valence-electron chi connectivity index (χ1n) is 7.02. The number of nitro benzene ring substituents is 1. The molecule has 8 nitrogen and oxygen atoms in total. The number of methoxy groups -OCH3 is 1. The maximum absolute atomic E-state index is 12.4. The van der Waals surface area contributed by atoms with Gasteiger partial charge in [-0.3, -0.25) is 19.7 Å². The number of nitrogens with one attached hydrogen (secondary N) is 2. The molecule has 0 spiro atoms. The Morgan fingerprint density at radius 2 is 1.84 bits per heavy atom. The number of rotatable bonds is 5. The number of nitrogens with zero attached hydrogens (tertiary/aromatic N) is 1. The molecule has 0 fully saturated rings. The van der Waals surface area contributed by atoms with Crippen LogP contribution in [0.2, 0.25) is 5.02 Å². The summed E-state index contributed by atoms with van der Waals surface area (Å²) in [7, 11) is 2.92. The monoisotopic (exact) mass is 363 g/mol. The van der Waals surface area contributed by atoms with E-state index in [1.807, 2.05) is 0 Å². The van der Waals surface area contributed by atoms with Crippen molar-refractivity contribution in [2.45, 2.75) is 0 Å². The molecule has 2 rings (SSSR count). The summed E-state index contributed by atoms with van der Waals surface area (Å²) in [4.78, 5) is 34.5. The number of ether oxygens (including phenoxy) is 1. The molecule has 0 aromatic heterocycles. The summed E-state index contributed by atoms with van der Waals surface area (Å²) in [5.74, 6) is -0.566. The first-order chi connectivity index (χ1) is 11.9. The van der Waals surface area contributed by atoms with Gasteiger partial charge in [0.05, 0.1) is 33.9 Å². The van der Waals surface area contributed by atoms with Crippen LogP contribution in [0.4, 0.5) is 11.4 Å². The van der Waals surface area contributed by atoms with Gasteiger partial charge in [0.1, 0.15) is 5.75 Å². The van der Waals surface area contributed by atoms with E-state index in [9.17, 15) is 19.7 Å². The van der Waals surface area contributed by atoms with Crippen molar-refractivity contribution in [1.82, 2.24) is 5.32 Å². The van der Waals surface area contributed by atoms with Crippen LogP contribution in [0.5, 0.6) is 5.75 Å². The van der Waals surface area contributed by atoms with Gasteiger partial charge in [-0.1, -0.05) is 11.6 Å². The Morgan fingerprint density at radius 1 is 1.12 bits per heavy atom. The number of nitro groups is 1. The Morgan fingerprint density at radius 3 is 2.40 bits per heavy atom. The summed E-state index contributed by atoms with van der Waals surface area (Å²) in [6.07, 6.45) is 0. The van der Waals surface area contributed by atoms with Crippen LogP contribution < -0.4 is 15.4 Å². The SMILES string of the molecule is CNC(=O)c1cc(OC)ccc1NC(=O)c1ccc([N+](=O)[O-])cc1Cl. The van der Waals surface area contributed by atoms with E-state index < -0.39 is 16.7 Å². The molecule has 0 bridgehead atoms. The Balaban J connectivity index is 2.35. The maximum Gasteiger partial charge on any atom is 0.270 e. The maximum atomic E-state index is 12.4. The van der Waals surface area contributed by atoms with Crippen molar-refractivity contribution in [3.05, 3.63) is 62.7 Å². The fraction of sp³-hybridized carbons (Fsp3) is 0.125. The van der Waals surface area contributed by atoms with Gasteiger partial charge in [0.15, 0.2) is 0 Å². The van der Waals surface area contributed by atoms with Gasteiger partial charge < -0.3 is 15.4 Å². The third-order valence-corrected chi connectivity index (χ3v) is 3.67. The Kier molecular flexibility index (Phi) is 5.56. The van der Waals surface area contributed by atoms with E-state index in [-0.39, 0.29) is 27.5 Å². The van der Waals surface area contributed by atoms with Crippen molar-refractivity contribution >= 4 is 34.8 Å². The quantitative estimate of drug-likeness (QED) is 0.626. The molecule has 2 aromatic carbocycles. The van der Waals surface area contributed by atoms with Gasteiger partial charge in [-0.25, -0.2) is 0 Å². The predicted octanol–water partition coefficient (Wildman–Crippen LogP) is 2.87. The van der Waals surface area contributed by atoms with E-state index in [0.717, 1.165) is 6.07 Å². The van der Waals surface area contributed by atoms with Crippen LogP contribution in [0.3, 0.4) is 0 Å². The molecule has 0 saturated heterocycles. The number of non-ortho nitro benzene ring substituents is 1. The number of benzene rings is 2. The van der Waals surface area contributed by atoms with Crippen molar-refractivity contribution in [3.63, 3.8) is 0 Å². The molecule has 0 aliphatic heterocycles. The molecule has 2 amide bonds. The second-order valence-corrected chi connectivity index (χ2v) is 5.27. The zero-order chi connectivity index (χ0) is 18.6. The minimum Gasteiger partial charge on any atom is -0.497 e. The van der Waals surface area contributed by atoms with Crippen molar-refractivity contribution in [1.29, 1.82) is 0 Å². The van der Waals surface area contributed by atoms with E-state index in [0.29, 0.717) is 5.75 Å². The number of amides is 2. The van der Waals surface area contributed by atoms with E-state index in [2.05, 4.69) is 10.6 Å². The molecule has 25 heavy (non-hydrogen) atoms. The van der Waals surface area contributed by atoms with Gasteiger partial charge in [0.25, 0.3) is 17.5 Å². The van der Waals surface area contributed by atoms with Crippen LogP contribution in [0, 0.1) is 10.1 Å². The third-order valence-electron chi connectivity index (χ3n) is 3.35. The normalized spacial score (nSPS) is 10.0. The lowest BCUT2D eigenvalue weighted by molar-refractivity contribution is -0.384. The number of hydrogen-bond acceptors (Lipinski definition) is 5. The summed E-state index contributed by atoms with van der Waals surface area (Å²) >= 11 is 5.95. The van der Waals surface area contributed by atoms with Gasteiger partial charge >= 0.3 is 0 Å². The highest BCUT2D eigenvalue weighted by Crippen LogP contribution is 2.26. The van der Waals surface area contributed by atoms with E-state index in [4.69, 9.17) is 16.3 Å². The Hall–Kier alpha value is -3.13. The van der Waals surface area contributed by atoms with Gasteiger partial charge in [-0.2, -0.15) is 0 Å². The largest absolute Gasteiger partial charge is 0.497 e. The average Bonchev–Trinajstić information content (AvgIpc) is 2.60. The molecule has 0 aliphatic rings.